The predicted molar refractivity (Wildman–Crippen MR) is 144 cm³/mol. The van der Waals surface area contributed by atoms with Crippen molar-refractivity contribution in [3.8, 4) is 0 Å². The van der Waals surface area contributed by atoms with Crippen LogP contribution >= 0.6 is 0 Å². The summed E-state index contributed by atoms with van der Waals surface area (Å²) in [7, 11) is 0. The minimum atomic E-state index is -0.634. The highest BCUT2D eigenvalue weighted by Gasteiger charge is 2.31. The molecule has 1 fully saturated rings. The van der Waals surface area contributed by atoms with E-state index in [0.717, 1.165) is 22.5 Å². The molecule has 1 aliphatic rings. The number of rotatable bonds is 10. The van der Waals surface area contributed by atoms with E-state index in [-0.39, 0.29) is 43.1 Å². The van der Waals surface area contributed by atoms with Gasteiger partial charge < -0.3 is 19.0 Å². The summed E-state index contributed by atoms with van der Waals surface area (Å²) in [5.74, 6) is -1.90. The van der Waals surface area contributed by atoms with Crippen molar-refractivity contribution < 1.29 is 27.5 Å². The molecule has 0 bridgehead atoms. The fourth-order valence-electron chi connectivity index (χ4n) is 5.17. The summed E-state index contributed by atoms with van der Waals surface area (Å²) in [4.78, 5) is 36.6. The first-order valence-corrected chi connectivity index (χ1v) is 13.5. The Hall–Kier alpha value is -4.05. The third-order valence-electron chi connectivity index (χ3n) is 7.24. The molecule has 210 valence electrons. The number of oxazole rings is 1. The van der Waals surface area contributed by atoms with E-state index in [9.17, 15) is 18.4 Å². The van der Waals surface area contributed by atoms with Gasteiger partial charge in [-0.1, -0.05) is 24.3 Å². The Morgan fingerprint density at radius 2 is 2.02 bits per heavy atom. The van der Waals surface area contributed by atoms with Crippen LogP contribution in [0.15, 0.2) is 59.3 Å². The number of para-hydroxylation sites is 1. The van der Waals surface area contributed by atoms with E-state index in [4.69, 9.17) is 9.15 Å². The lowest BCUT2D eigenvalue weighted by molar-refractivity contribution is -0.149. The van der Waals surface area contributed by atoms with Crippen LogP contribution in [0.25, 0.3) is 10.9 Å². The number of H-pyrrole nitrogens is 1. The van der Waals surface area contributed by atoms with Crippen molar-refractivity contribution in [1.82, 2.24) is 19.8 Å². The fraction of sp³-hybridized carbons (Fsp3) is 0.367. The number of aromatic amines is 1. The van der Waals surface area contributed by atoms with Crippen LogP contribution in [0.2, 0.25) is 0 Å². The van der Waals surface area contributed by atoms with E-state index in [2.05, 4.69) is 9.97 Å². The van der Waals surface area contributed by atoms with Gasteiger partial charge in [0.05, 0.1) is 19.1 Å². The molecular formula is C30H32F2N4O4. The number of likely N-dealkylation sites (tertiary alicyclic amines) is 1. The molecule has 3 heterocycles. The molecule has 4 aromatic rings. The number of nitrogens with one attached hydrogen (secondary N) is 1. The van der Waals surface area contributed by atoms with Crippen molar-refractivity contribution in [3.63, 3.8) is 0 Å². The van der Waals surface area contributed by atoms with E-state index >= 15 is 0 Å². The van der Waals surface area contributed by atoms with Gasteiger partial charge in [-0.05, 0) is 43.9 Å². The maximum absolute atomic E-state index is 14.5. The number of ether oxygens (including phenoxy) is 1. The molecule has 1 N–H and O–H groups in total. The van der Waals surface area contributed by atoms with Crippen LogP contribution in [0.4, 0.5) is 8.78 Å². The van der Waals surface area contributed by atoms with Crippen LogP contribution in [0.5, 0.6) is 0 Å². The van der Waals surface area contributed by atoms with E-state index in [0.29, 0.717) is 50.4 Å². The number of esters is 1. The number of piperidine rings is 1. The van der Waals surface area contributed by atoms with E-state index in [1.165, 1.54) is 18.4 Å². The number of aromatic nitrogens is 2. The van der Waals surface area contributed by atoms with Crippen molar-refractivity contribution in [2.75, 3.05) is 26.2 Å². The molecule has 2 aromatic heterocycles. The topological polar surface area (TPSA) is 91.7 Å². The molecule has 1 aliphatic heterocycles. The quantitative estimate of drug-likeness (QED) is 0.277. The summed E-state index contributed by atoms with van der Waals surface area (Å²) < 4.78 is 38.8. The van der Waals surface area contributed by atoms with Crippen molar-refractivity contribution in [2.45, 2.75) is 39.3 Å². The van der Waals surface area contributed by atoms with Crippen LogP contribution < -0.4 is 0 Å². The third kappa shape index (κ3) is 6.39. The fourth-order valence-corrected chi connectivity index (χ4v) is 5.17. The molecule has 1 atom stereocenters. The Balaban J connectivity index is 1.29. The normalized spacial score (nSPS) is 15.6. The highest BCUT2D eigenvalue weighted by molar-refractivity contribution is 5.92. The number of carbonyl (C=O) groups excluding carboxylic acids is 2. The molecule has 0 saturated carbocycles. The lowest BCUT2D eigenvalue weighted by atomic mass is 9.98. The second-order valence-corrected chi connectivity index (χ2v) is 10.0. The average molecular weight is 551 g/mol. The van der Waals surface area contributed by atoms with Gasteiger partial charge in [-0.3, -0.25) is 14.5 Å². The molecule has 0 radical (unpaired) electrons. The number of hydrogen-bond acceptors (Lipinski definition) is 6. The Morgan fingerprint density at radius 1 is 1.18 bits per heavy atom. The maximum Gasteiger partial charge on any atom is 0.310 e. The minimum absolute atomic E-state index is 0.157. The van der Waals surface area contributed by atoms with Gasteiger partial charge >= 0.3 is 5.97 Å². The van der Waals surface area contributed by atoms with E-state index in [1.807, 2.05) is 35.4 Å². The highest BCUT2D eigenvalue weighted by atomic mass is 19.1. The largest absolute Gasteiger partial charge is 0.466 e. The van der Waals surface area contributed by atoms with E-state index in [1.54, 1.807) is 11.8 Å². The van der Waals surface area contributed by atoms with Crippen LogP contribution in [0, 0.1) is 17.6 Å². The van der Waals surface area contributed by atoms with Gasteiger partial charge in [0.25, 0.3) is 5.91 Å². The first-order chi connectivity index (χ1) is 19.4. The Bertz CT molecular complexity index is 1480. The summed E-state index contributed by atoms with van der Waals surface area (Å²) in [5, 5.41) is 1.11. The molecule has 40 heavy (non-hydrogen) atoms. The molecule has 0 aliphatic carbocycles. The van der Waals surface area contributed by atoms with Gasteiger partial charge in [0, 0.05) is 54.9 Å². The van der Waals surface area contributed by atoms with Crippen molar-refractivity contribution in [2.24, 2.45) is 5.92 Å². The Morgan fingerprint density at radius 3 is 2.85 bits per heavy atom. The number of carbonyl (C=O) groups is 2. The van der Waals surface area contributed by atoms with Gasteiger partial charge in [0.2, 0.25) is 5.89 Å². The van der Waals surface area contributed by atoms with Crippen LogP contribution in [0.3, 0.4) is 0 Å². The second-order valence-electron chi connectivity index (χ2n) is 10.0. The smallest absolute Gasteiger partial charge is 0.310 e. The lowest BCUT2D eigenvalue weighted by Crippen LogP contribution is -2.43. The van der Waals surface area contributed by atoms with Gasteiger partial charge in [-0.2, -0.15) is 0 Å². The molecule has 8 nitrogen and oxygen atoms in total. The molecule has 1 saturated heterocycles. The van der Waals surface area contributed by atoms with Crippen LogP contribution in [0.1, 0.15) is 47.3 Å². The number of fused-ring (bicyclic) bond motifs is 1. The third-order valence-corrected chi connectivity index (χ3v) is 7.24. The summed E-state index contributed by atoms with van der Waals surface area (Å²) in [6.45, 7) is 3.82. The Labute approximate surface area is 230 Å². The zero-order valence-electron chi connectivity index (χ0n) is 22.4. The zero-order chi connectivity index (χ0) is 28.1. The minimum Gasteiger partial charge on any atom is -0.466 e. The summed E-state index contributed by atoms with van der Waals surface area (Å²) in [6, 6.07) is 11.5. The molecule has 10 heteroatoms. The molecular weight excluding hydrogens is 518 g/mol. The molecule has 5 rings (SSSR count). The van der Waals surface area contributed by atoms with Crippen molar-refractivity contribution in [1.29, 1.82) is 0 Å². The second kappa shape index (κ2) is 12.4. The predicted octanol–water partition coefficient (Wildman–Crippen LogP) is 5.09. The van der Waals surface area contributed by atoms with Crippen LogP contribution in [-0.4, -0.2) is 57.9 Å². The van der Waals surface area contributed by atoms with Crippen LogP contribution in [-0.2, 0) is 29.0 Å². The number of halogens is 2. The van der Waals surface area contributed by atoms with E-state index < -0.39 is 11.6 Å². The Kier molecular flexibility index (Phi) is 8.54. The first-order valence-electron chi connectivity index (χ1n) is 13.5. The van der Waals surface area contributed by atoms with Gasteiger partial charge in [-0.15, -0.1) is 0 Å². The SMILES string of the molecule is CCOC(=O)C1CCCN(C(=O)c2coc(CN(CCc3c[nH]c4ccccc34)Cc3ccc(F)cc3F)n2)C1. The number of hydrogen-bond donors (Lipinski definition) is 1. The molecule has 2 aromatic carbocycles. The standard InChI is InChI=1S/C30H32F2N4O4/c1-2-39-30(38)22-6-5-12-36(17-22)29(37)27-19-40-28(34-27)18-35(16-21-9-10-23(31)14-25(21)32)13-11-20-15-33-26-8-4-3-7-24(20)26/h3-4,7-10,14-15,19,22,33H,2,5-6,11-13,16-18H2,1H3. The maximum atomic E-state index is 14.5. The molecule has 1 unspecified atom stereocenters. The zero-order valence-corrected chi connectivity index (χ0v) is 22.4. The van der Waals surface area contributed by atoms with Gasteiger partial charge in [0.15, 0.2) is 5.69 Å². The molecule has 1 amide bonds. The van der Waals surface area contributed by atoms with Gasteiger partial charge in [-0.25, -0.2) is 13.8 Å². The number of nitrogens with zero attached hydrogens (tertiary/aromatic N) is 3. The lowest BCUT2D eigenvalue weighted by Gasteiger charge is -2.30. The van der Waals surface area contributed by atoms with Gasteiger partial charge in [0.1, 0.15) is 17.9 Å². The average Bonchev–Trinajstić information content (AvgIpc) is 3.60. The number of benzene rings is 2. The summed E-state index contributed by atoms with van der Waals surface area (Å²) >= 11 is 0. The number of amides is 1. The highest BCUT2D eigenvalue weighted by Crippen LogP contribution is 2.22. The summed E-state index contributed by atoms with van der Waals surface area (Å²) in [6.07, 6.45) is 5.33. The van der Waals surface area contributed by atoms with Crippen molar-refractivity contribution in [3.05, 3.63) is 89.3 Å². The monoisotopic (exact) mass is 550 g/mol. The van der Waals surface area contributed by atoms with Crippen molar-refractivity contribution >= 4 is 22.8 Å². The first kappa shape index (κ1) is 27.5. The summed E-state index contributed by atoms with van der Waals surface area (Å²) in [5.41, 5.74) is 2.66. The molecule has 0 spiro atoms.